The van der Waals surface area contributed by atoms with Crippen LogP contribution in [0.3, 0.4) is 0 Å². The molecule has 0 aliphatic carbocycles. The summed E-state index contributed by atoms with van der Waals surface area (Å²) in [7, 11) is 0. The van der Waals surface area contributed by atoms with E-state index < -0.39 is 0 Å². The van der Waals surface area contributed by atoms with Gasteiger partial charge in [0, 0.05) is 33.5 Å². The second-order valence-corrected chi connectivity index (χ2v) is 16.1. The Morgan fingerprint density at radius 2 is 0.645 bits per heavy atom. The molecule has 0 amide bonds. The molecule has 0 aliphatic rings. The summed E-state index contributed by atoms with van der Waals surface area (Å²) < 4.78 is 2.38. The molecule has 0 atom stereocenters. The van der Waals surface area contributed by atoms with Crippen molar-refractivity contribution < 1.29 is 0 Å². The van der Waals surface area contributed by atoms with Gasteiger partial charge in [-0.05, 0) is 132 Å². The van der Waals surface area contributed by atoms with E-state index in [0.717, 1.165) is 22.7 Å². The summed E-state index contributed by atoms with van der Waals surface area (Å²) in [5, 5.41) is 10.1. The van der Waals surface area contributed by atoms with E-state index in [1.54, 1.807) is 0 Å². The van der Waals surface area contributed by atoms with Gasteiger partial charge < -0.3 is 9.47 Å². The van der Waals surface area contributed by atoms with Gasteiger partial charge in [-0.3, -0.25) is 0 Å². The zero-order valence-corrected chi connectivity index (χ0v) is 34.0. The minimum Gasteiger partial charge on any atom is -0.311 e. The number of fused-ring (bicyclic) bond motifs is 7. The highest BCUT2D eigenvalue weighted by Gasteiger charge is 2.17. The molecule has 0 fully saturated rings. The predicted octanol–water partition coefficient (Wildman–Crippen LogP) is 16.7. The van der Waals surface area contributed by atoms with Crippen LogP contribution in [0.2, 0.25) is 0 Å². The van der Waals surface area contributed by atoms with Gasteiger partial charge >= 0.3 is 0 Å². The van der Waals surface area contributed by atoms with Gasteiger partial charge in [-0.15, -0.1) is 0 Å². The first-order chi connectivity index (χ1) is 30.8. The Morgan fingerprint density at radius 1 is 0.258 bits per heavy atom. The van der Waals surface area contributed by atoms with E-state index in [0.29, 0.717) is 0 Å². The summed E-state index contributed by atoms with van der Waals surface area (Å²) in [6.07, 6.45) is 0. The van der Waals surface area contributed by atoms with Gasteiger partial charge in [0.1, 0.15) is 0 Å². The largest absolute Gasteiger partial charge is 0.311 e. The average Bonchev–Trinajstić information content (AvgIpc) is 3.69. The molecule has 0 radical (unpaired) electrons. The fourth-order valence-corrected chi connectivity index (χ4v) is 9.69. The molecule has 2 heteroatoms. The highest BCUT2D eigenvalue weighted by molar-refractivity contribution is 6.14. The van der Waals surface area contributed by atoms with Crippen molar-refractivity contribution in [3.05, 3.63) is 243 Å². The lowest BCUT2D eigenvalue weighted by molar-refractivity contribution is 1.17. The molecule has 62 heavy (non-hydrogen) atoms. The molecule has 0 saturated carbocycles. The van der Waals surface area contributed by atoms with Crippen LogP contribution in [-0.4, -0.2) is 4.57 Å². The number of benzene rings is 11. The SMILES string of the molecule is c1ccc(-c2ccc(-c3ccc(N(c4ccc(-c5cc6ccccc6c6ccccc56)cc4)c4ccc(-n5c6ccccc6c6ccccc65)cc4)cc3)c3ccccc23)cc1. The van der Waals surface area contributed by atoms with Crippen LogP contribution in [0.25, 0.3) is 93.2 Å². The van der Waals surface area contributed by atoms with Crippen molar-refractivity contribution in [2.75, 3.05) is 4.90 Å². The van der Waals surface area contributed by atoms with Crippen molar-refractivity contribution in [1.82, 2.24) is 4.57 Å². The lowest BCUT2D eigenvalue weighted by Crippen LogP contribution is -2.10. The first-order valence-corrected chi connectivity index (χ1v) is 21.3. The van der Waals surface area contributed by atoms with E-state index >= 15 is 0 Å². The molecule has 2 nitrogen and oxygen atoms in total. The molecule has 12 aromatic rings. The predicted molar refractivity (Wildman–Crippen MR) is 264 cm³/mol. The van der Waals surface area contributed by atoms with E-state index in [1.165, 1.54) is 87.5 Å². The van der Waals surface area contributed by atoms with Crippen molar-refractivity contribution in [3.8, 4) is 39.1 Å². The van der Waals surface area contributed by atoms with Crippen LogP contribution in [0.15, 0.2) is 243 Å². The molecule has 11 aromatic carbocycles. The van der Waals surface area contributed by atoms with E-state index in [1.807, 2.05) is 0 Å². The van der Waals surface area contributed by atoms with Crippen LogP contribution in [0.4, 0.5) is 17.1 Å². The first kappa shape index (κ1) is 35.7. The van der Waals surface area contributed by atoms with E-state index in [9.17, 15) is 0 Å². The maximum atomic E-state index is 2.38. The second-order valence-electron chi connectivity index (χ2n) is 16.1. The van der Waals surface area contributed by atoms with Gasteiger partial charge in [0.15, 0.2) is 0 Å². The molecular weight excluding hydrogens is 749 g/mol. The van der Waals surface area contributed by atoms with Gasteiger partial charge in [0.25, 0.3) is 0 Å². The van der Waals surface area contributed by atoms with Crippen LogP contribution in [0.1, 0.15) is 0 Å². The zero-order valence-electron chi connectivity index (χ0n) is 34.0. The van der Waals surface area contributed by atoms with Gasteiger partial charge in [-0.2, -0.15) is 0 Å². The summed E-state index contributed by atoms with van der Waals surface area (Å²) in [6.45, 7) is 0. The zero-order chi connectivity index (χ0) is 41.0. The summed E-state index contributed by atoms with van der Waals surface area (Å²) in [5.41, 5.74) is 14.1. The Bertz CT molecular complexity index is 3550. The molecule has 290 valence electrons. The number of para-hydroxylation sites is 2. The Labute approximate surface area is 360 Å². The summed E-state index contributed by atoms with van der Waals surface area (Å²) >= 11 is 0. The smallest absolute Gasteiger partial charge is 0.0541 e. The topological polar surface area (TPSA) is 8.17 Å². The van der Waals surface area contributed by atoms with E-state index in [-0.39, 0.29) is 0 Å². The van der Waals surface area contributed by atoms with Crippen LogP contribution in [0, 0.1) is 0 Å². The summed E-state index contributed by atoms with van der Waals surface area (Å²) in [5.74, 6) is 0. The average molecular weight is 789 g/mol. The van der Waals surface area contributed by atoms with Crippen LogP contribution >= 0.6 is 0 Å². The monoisotopic (exact) mass is 788 g/mol. The maximum absolute atomic E-state index is 2.38. The molecule has 0 saturated heterocycles. The molecule has 1 heterocycles. The summed E-state index contributed by atoms with van der Waals surface area (Å²) in [6, 6.07) is 88.4. The third kappa shape index (κ3) is 5.96. The minimum atomic E-state index is 1.09. The molecule has 0 unspecified atom stereocenters. The lowest BCUT2D eigenvalue weighted by Gasteiger charge is -2.26. The third-order valence-corrected chi connectivity index (χ3v) is 12.6. The fourth-order valence-electron chi connectivity index (χ4n) is 9.69. The molecular formula is C60H40N2. The maximum Gasteiger partial charge on any atom is 0.0541 e. The van der Waals surface area contributed by atoms with Crippen molar-refractivity contribution in [1.29, 1.82) is 0 Å². The number of hydrogen-bond donors (Lipinski definition) is 0. The summed E-state index contributed by atoms with van der Waals surface area (Å²) in [4.78, 5) is 2.37. The fraction of sp³-hybridized carbons (Fsp3) is 0. The van der Waals surface area contributed by atoms with Crippen molar-refractivity contribution >= 4 is 71.2 Å². The third-order valence-electron chi connectivity index (χ3n) is 12.6. The standard InChI is InChI=1S/C60H40N2/c1-2-14-41(15-3-1)50-38-39-51(54-20-7-6-19-53(50)54)42-26-30-45(31-27-42)61(47-34-36-48(37-35-47)62-59-24-12-10-22-56(59)57-23-11-13-25-60(57)62)46-32-28-43(29-33-46)58-40-44-16-4-5-17-49(44)52-18-8-9-21-55(52)58/h1-40H. The number of hydrogen-bond acceptors (Lipinski definition) is 1. The van der Waals surface area contributed by atoms with Gasteiger partial charge in [0.05, 0.1) is 11.0 Å². The quantitative estimate of drug-likeness (QED) is 0.146. The van der Waals surface area contributed by atoms with Gasteiger partial charge in [0.2, 0.25) is 0 Å². The van der Waals surface area contributed by atoms with Crippen LogP contribution in [-0.2, 0) is 0 Å². The molecule has 0 bridgehead atoms. The molecule has 0 spiro atoms. The van der Waals surface area contributed by atoms with Crippen molar-refractivity contribution in [2.45, 2.75) is 0 Å². The van der Waals surface area contributed by atoms with Crippen molar-refractivity contribution in [2.24, 2.45) is 0 Å². The van der Waals surface area contributed by atoms with E-state index in [2.05, 4.69) is 252 Å². The van der Waals surface area contributed by atoms with Gasteiger partial charge in [-0.25, -0.2) is 0 Å². The molecule has 0 aliphatic heterocycles. The first-order valence-electron chi connectivity index (χ1n) is 21.3. The lowest BCUT2D eigenvalue weighted by atomic mass is 9.92. The van der Waals surface area contributed by atoms with Crippen LogP contribution in [0.5, 0.6) is 0 Å². The Morgan fingerprint density at radius 3 is 1.19 bits per heavy atom. The molecule has 0 N–H and O–H groups in total. The number of aromatic nitrogens is 1. The normalized spacial score (nSPS) is 11.5. The second kappa shape index (κ2) is 14.8. The Balaban J connectivity index is 0.970. The Kier molecular flexibility index (Phi) is 8.53. The number of nitrogens with zero attached hydrogens (tertiary/aromatic N) is 2. The highest BCUT2D eigenvalue weighted by Crippen LogP contribution is 2.42. The molecule has 1 aromatic heterocycles. The van der Waals surface area contributed by atoms with E-state index in [4.69, 9.17) is 0 Å². The minimum absolute atomic E-state index is 1.09. The highest BCUT2D eigenvalue weighted by atomic mass is 15.1. The van der Waals surface area contributed by atoms with Crippen molar-refractivity contribution in [3.63, 3.8) is 0 Å². The van der Waals surface area contributed by atoms with Gasteiger partial charge in [-0.1, -0.05) is 176 Å². The molecule has 12 rings (SSSR count). The number of rotatable bonds is 7. The number of anilines is 3. The Hall–Kier alpha value is -8.20. The van der Waals surface area contributed by atoms with Crippen LogP contribution < -0.4 is 4.90 Å².